The molecule has 0 radical (unpaired) electrons. The van der Waals surface area contributed by atoms with E-state index in [2.05, 4.69) is 40.3 Å². The summed E-state index contributed by atoms with van der Waals surface area (Å²) in [5.74, 6) is -0.172. The second-order valence-corrected chi connectivity index (χ2v) is 5.63. The lowest BCUT2D eigenvalue weighted by atomic mass is 10.0. The van der Waals surface area contributed by atoms with E-state index in [0.717, 1.165) is 16.5 Å². The van der Waals surface area contributed by atoms with E-state index in [1.807, 2.05) is 12.1 Å². The molecule has 0 saturated heterocycles. The molecule has 0 aliphatic rings. The normalized spacial score (nSPS) is 12.3. The molecule has 0 aliphatic carbocycles. The molecule has 0 saturated carbocycles. The van der Waals surface area contributed by atoms with Crippen LogP contribution in [0.2, 0.25) is 0 Å². The zero-order chi connectivity index (χ0) is 14.5. The fourth-order valence-corrected chi connectivity index (χ4v) is 2.38. The van der Waals surface area contributed by atoms with Crippen LogP contribution in [0.1, 0.15) is 30.5 Å². The third-order valence-corrected chi connectivity index (χ3v) is 3.80. The molecular formula is C16H18BrNO2. The summed E-state index contributed by atoms with van der Waals surface area (Å²) in [6.07, 6.45) is 0.978. The zero-order valence-corrected chi connectivity index (χ0v) is 12.9. The highest BCUT2D eigenvalue weighted by Gasteiger charge is 2.09. The zero-order valence-electron chi connectivity index (χ0n) is 11.3. The molecule has 3 N–H and O–H groups in total. The van der Waals surface area contributed by atoms with E-state index in [9.17, 15) is 10.2 Å². The minimum Gasteiger partial charge on any atom is -0.504 e. The van der Waals surface area contributed by atoms with Crippen LogP contribution in [0.15, 0.2) is 46.9 Å². The Morgan fingerprint density at radius 2 is 1.75 bits per heavy atom. The average Bonchev–Trinajstić information content (AvgIpc) is 2.45. The molecule has 106 valence electrons. The molecule has 0 aromatic heterocycles. The SMILES string of the molecule is CCC(NCc1ccc(O)c(O)c1)c1ccc(Br)cc1. The van der Waals surface area contributed by atoms with Crippen LogP contribution >= 0.6 is 15.9 Å². The van der Waals surface area contributed by atoms with Gasteiger partial charge in [0.25, 0.3) is 0 Å². The number of halogens is 1. The van der Waals surface area contributed by atoms with Gasteiger partial charge in [0, 0.05) is 17.1 Å². The number of hydrogen-bond donors (Lipinski definition) is 3. The number of phenolic OH excluding ortho intramolecular Hbond substituents is 2. The highest BCUT2D eigenvalue weighted by atomic mass is 79.9. The predicted octanol–water partition coefficient (Wildman–Crippen LogP) is 4.10. The Bertz CT molecular complexity index is 569. The first-order valence-electron chi connectivity index (χ1n) is 6.60. The fraction of sp³-hybridized carbons (Fsp3) is 0.250. The molecule has 1 atom stereocenters. The minimum absolute atomic E-state index is 0.0824. The van der Waals surface area contributed by atoms with Crippen molar-refractivity contribution in [3.8, 4) is 11.5 Å². The van der Waals surface area contributed by atoms with Crippen LogP contribution in [-0.4, -0.2) is 10.2 Å². The quantitative estimate of drug-likeness (QED) is 0.721. The van der Waals surface area contributed by atoms with Crippen molar-refractivity contribution in [3.05, 3.63) is 58.1 Å². The average molecular weight is 336 g/mol. The number of phenols is 2. The molecule has 0 bridgehead atoms. The van der Waals surface area contributed by atoms with Gasteiger partial charge in [-0.05, 0) is 41.8 Å². The van der Waals surface area contributed by atoms with Crippen LogP contribution in [0.25, 0.3) is 0 Å². The summed E-state index contributed by atoms with van der Waals surface area (Å²) < 4.78 is 1.07. The first-order chi connectivity index (χ1) is 9.60. The van der Waals surface area contributed by atoms with Crippen molar-refractivity contribution in [2.45, 2.75) is 25.9 Å². The van der Waals surface area contributed by atoms with Crippen molar-refractivity contribution < 1.29 is 10.2 Å². The van der Waals surface area contributed by atoms with E-state index in [4.69, 9.17) is 0 Å². The van der Waals surface area contributed by atoms with E-state index in [-0.39, 0.29) is 17.5 Å². The van der Waals surface area contributed by atoms with Gasteiger partial charge in [0.2, 0.25) is 0 Å². The van der Waals surface area contributed by atoms with Crippen molar-refractivity contribution in [3.63, 3.8) is 0 Å². The maximum atomic E-state index is 9.49. The first-order valence-corrected chi connectivity index (χ1v) is 7.39. The largest absolute Gasteiger partial charge is 0.504 e. The minimum atomic E-state index is -0.0892. The number of rotatable bonds is 5. The maximum absolute atomic E-state index is 9.49. The summed E-state index contributed by atoms with van der Waals surface area (Å²) in [4.78, 5) is 0. The third-order valence-electron chi connectivity index (χ3n) is 3.27. The van der Waals surface area contributed by atoms with Gasteiger partial charge in [-0.25, -0.2) is 0 Å². The Morgan fingerprint density at radius 1 is 1.05 bits per heavy atom. The van der Waals surface area contributed by atoms with Gasteiger partial charge < -0.3 is 15.5 Å². The molecule has 2 rings (SSSR count). The summed E-state index contributed by atoms with van der Waals surface area (Å²) in [6, 6.07) is 13.4. The van der Waals surface area contributed by atoms with Crippen LogP contribution < -0.4 is 5.32 Å². The van der Waals surface area contributed by atoms with Gasteiger partial charge in [-0.1, -0.05) is 41.1 Å². The Hall–Kier alpha value is -1.52. The Kier molecular flexibility index (Phi) is 5.04. The smallest absolute Gasteiger partial charge is 0.157 e. The summed E-state index contributed by atoms with van der Waals surface area (Å²) in [6.45, 7) is 2.77. The number of benzene rings is 2. The van der Waals surface area contributed by atoms with Gasteiger partial charge in [-0.3, -0.25) is 0 Å². The van der Waals surface area contributed by atoms with Gasteiger partial charge in [-0.2, -0.15) is 0 Å². The number of hydrogen-bond acceptors (Lipinski definition) is 3. The lowest BCUT2D eigenvalue weighted by Gasteiger charge is -2.18. The Labute approximate surface area is 127 Å². The second-order valence-electron chi connectivity index (χ2n) is 4.72. The lowest BCUT2D eigenvalue weighted by molar-refractivity contribution is 0.402. The van der Waals surface area contributed by atoms with Gasteiger partial charge in [-0.15, -0.1) is 0 Å². The summed E-state index contributed by atoms with van der Waals surface area (Å²) in [5, 5.41) is 22.2. The lowest BCUT2D eigenvalue weighted by Crippen LogP contribution is -2.20. The number of nitrogens with one attached hydrogen (secondary N) is 1. The van der Waals surface area contributed by atoms with Crippen molar-refractivity contribution in [2.75, 3.05) is 0 Å². The number of aromatic hydroxyl groups is 2. The molecule has 4 heteroatoms. The molecule has 0 spiro atoms. The standard InChI is InChI=1S/C16H18BrNO2/c1-2-14(12-4-6-13(17)7-5-12)18-10-11-3-8-15(19)16(20)9-11/h3-9,14,18-20H,2,10H2,1H3. The van der Waals surface area contributed by atoms with Crippen molar-refractivity contribution >= 4 is 15.9 Å². The maximum Gasteiger partial charge on any atom is 0.157 e. The van der Waals surface area contributed by atoms with Gasteiger partial charge >= 0.3 is 0 Å². The monoisotopic (exact) mass is 335 g/mol. The molecule has 20 heavy (non-hydrogen) atoms. The molecular weight excluding hydrogens is 318 g/mol. The third kappa shape index (κ3) is 3.74. The van der Waals surface area contributed by atoms with Crippen LogP contribution in [0.5, 0.6) is 11.5 Å². The first kappa shape index (κ1) is 14.9. The molecule has 0 fully saturated rings. The van der Waals surface area contributed by atoms with Crippen molar-refractivity contribution in [1.29, 1.82) is 0 Å². The molecule has 3 nitrogen and oxygen atoms in total. The summed E-state index contributed by atoms with van der Waals surface area (Å²) in [5.41, 5.74) is 2.18. The van der Waals surface area contributed by atoms with Crippen LogP contribution in [0, 0.1) is 0 Å². The molecule has 0 amide bonds. The fourth-order valence-electron chi connectivity index (χ4n) is 2.11. The molecule has 2 aromatic carbocycles. The van der Waals surface area contributed by atoms with E-state index < -0.39 is 0 Å². The van der Waals surface area contributed by atoms with E-state index in [1.165, 1.54) is 11.6 Å². The van der Waals surface area contributed by atoms with Crippen molar-refractivity contribution in [2.24, 2.45) is 0 Å². The van der Waals surface area contributed by atoms with E-state index in [1.54, 1.807) is 12.1 Å². The summed E-state index contributed by atoms with van der Waals surface area (Å²) in [7, 11) is 0. The van der Waals surface area contributed by atoms with E-state index in [0.29, 0.717) is 6.54 Å². The van der Waals surface area contributed by atoms with Crippen LogP contribution in [-0.2, 0) is 6.54 Å². The highest BCUT2D eigenvalue weighted by Crippen LogP contribution is 2.25. The predicted molar refractivity (Wildman–Crippen MR) is 83.8 cm³/mol. The van der Waals surface area contributed by atoms with E-state index >= 15 is 0 Å². The Morgan fingerprint density at radius 3 is 2.35 bits per heavy atom. The molecule has 1 unspecified atom stereocenters. The van der Waals surface area contributed by atoms with Gasteiger partial charge in [0.1, 0.15) is 0 Å². The van der Waals surface area contributed by atoms with Crippen LogP contribution in [0.3, 0.4) is 0 Å². The summed E-state index contributed by atoms with van der Waals surface area (Å²) >= 11 is 3.44. The second kappa shape index (κ2) is 6.77. The highest BCUT2D eigenvalue weighted by molar-refractivity contribution is 9.10. The van der Waals surface area contributed by atoms with Crippen molar-refractivity contribution in [1.82, 2.24) is 5.32 Å². The van der Waals surface area contributed by atoms with Gasteiger partial charge in [0.15, 0.2) is 11.5 Å². The molecule has 0 aliphatic heterocycles. The molecule has 0 heterocycles. The Balaban J connectivity index is 2.03. The van der Waals surface area contributed by atoms with Gasteiger partial charge in [0.05, 0.1) is 0 Å². The topological polar surface area (TPSA) is 52.5 Å². The van der Waals surface area contributed by atoms with Crippen LogP contribution in [0.4, 0.5) is 0 Å². The molecule has 2 aromatic rings.